The zero-order chi connectivity index (χ0) is 18.1. The summed E-state index contributed by atoms with van der Waals surface area (Å²) in [5, 5.41) is 4.99. The van der Waals surface area contributed by atoms with Crippen molar-refractivity contribution in [2.75, 3.05) is 19.8 Å². The van der Waals surface area contributed by atoms with Crippen LogP contribution < -0.4 is 10.1 Å². The Labute approximate surface area is 148 Å². The number of ether oxygens (including phenoxy) is 2. The smallest absolute Gasteiger partial charge is 0.305 e. The molecule has 134 valence electrons. The third-order valence-corrected chi connectivity index (χ3v) is 3.81. The fourth-order valence-electron chi connectivity index (χ4n) is 2.72. The molecular weight excluding hydrogens is 318 g/mol. The lowest BCUT2D eigenvalue weighted by Crippen LogP contribution is -2.22. The Hall–Kier alpha value is -2.56. The van der Waals surface area contributed by atoms with Gasteiger partial charge in [0.15, 0.2) is 0 Å². The van der Waals surface area contributed by atoms with Gasteiger partial charge in [0.1, 0.15) is 5.75 Å². The predicted octanol–water partition coefficient (Wildman–Crippen LogP) is 3.24. The molecule has 0 bridgehead atoms. The molecule has 0 aliphatic heterocycles. The fraction of sp³-hybridized carbons (Fsp3) is 0.400. The lowest BCUT2D eigenvalue weighted by atomic mass is 10.0. The highest BCUT2D eigenvalue weighted by molar-refractivity contribution is 5.91. The van der Waals surface area contributed by atoms with E-state index in [1.54, 1.807) is 6.92 Å². The topological polar surface area (TPSA) is 64.6 Å². The van der Waals surface area contributed by atoms with E-state index < -0.39 is 0 Å². The minimum Gasteiger partial charge on any atom is -0.493 e. The summed E-state index contributed by atoms with van der Waals surface area (Å²) in [6.45, 7) is 4.76. The molecule has 25 heavy (non-hydrogen) atoms. The minimum absolute atomic E-state index is 0.0318. The molecule has 0 saturated heterocycles. The van der Waals surface area contributed by atoms with Crippen LogP contribution in [0.2, 0.25) is 0 Å². The molecule has 2 aromatic rings. The van der Waals surface area contributed by atoms with Crippen LogP contribution in [0.5, 0.6) is 5.75 Å². The van der Waals surface area contributed by atoms with E-state index in [1.807, 2.05) is 30.3 Å². The van der Waals surface area contributed by atoms with Crippen LogP contribution in [-0.2, 0) is 20.7 Å². The molecule has 0 saturated carbocycles. The normalized spacial score (nSPS) is 10.5. The van der Waals surface area contributed by atoms with E-state index in [0.29, 0.717) is 32.6 Å². The van der Waals surface area contributed by atoms with Crippen molar-refractivity contribution < 1.29 is 19.1 Å². The van der Waals surface area contributed by atoms with Crippen molar-refractivity contribution in [2.45, 2.75) is 33.1 Å². The van der Waals surface area contributed by atoms with E-state index in [2.05, 4.69) is 11.4 Å². The van der Waals surface area contributed by atoms with Crippen LogP contribution in [0.4, 0.5) is 0 Å². The summed E-state index contributed by atoms with van der Waals surface area (Å²) in [6, 6.07) is 12.0. The lowest BCUT2D eigenvalue weighted by Gasteiger charge is -2.13. The fourth-order valence-corrected chi connectivity index (χ4v) is 2.72. The number of hydrogen-bond acceptors (Lipinski definition) is 4. The highest BCUT2D eigenvalue weighted by atomic mass is 16.5. The molecule has 0 aliphatic carbocycles. The molecule has 1 N–H and O–H groups in total. The van der Waals surface area contributed by atoms with Crippen LogP contribution in [0.3, 0.4) is 0 Å². The van der Waals surface area contributed by atoms with Gasteiger partial charge in [0.05, 0.1) is 13.2 Å². The zero-order valence-electron chi connectivity index (χ0n) is 14.8. The molecule has 5 nitrogen and oxygen atoms in total. The van der Waals surface area contributed by atoms with Gasteiger partial charge in [0, 0.05) is 25.3 Å². The highest BCUT2D eigenvalue weighted by Gasteiger charge is 2.08. The first-order chi connectivity index (χ1) is 12.1. The Morgan fingerprint density at radius 1 is 1.12 bits per heavy atom. The van der Waals surface area contributed by atoms with Gasteiger partial charge in [-0.3, -0.25) is 9.59 Å². The number of nitrogens with one attached hydrogen (secondary N) is 1. The molecule has 0 aromatic heterocycles. The Morgan fingerprint density at radius 3 is 2.60 bits per heavy atom. The van der Waals surface area contributed by atoms with E-state index in [4.69, 9.17) is 9.47 Å². The second-order valence-electron chi connectivity index (χ2n) is 5.76. The third kappa shape index (κ3) is 5.78. The van der Waals surface area contributed by atoms with E-state index in [1.165, 1.54) is 6.92 Å². The molecular formula is C20H25NO4. The summed E-state index contributed by atoms with van der Waals surface area (Å²) in [5.41, 5.74) is 1.13. The summed E-state index contributed by atoms with van der Waals surface area (Å²) in [6.07, 6.45) is 1.71. The number of carbonyl (C=O) groups excluding carboxylic acids is 2. The van der Waals surface area contributed by atoms with Crippen LogP contribution in [-0.4, -0.2) is 31.6 Å². The number of benzene rings is 2. The second-order valence-corrected chi connectivity index (χ2v) is 5.76. The molecule has 2 aromatic carbocycles. The van der Waals surface area contributed by atoms with Crippen LogP contribution in [0.25, 0.3) is 10.8 Å². The van der Waals surface area contributed by atoms with E-state index in [0.717, 1.165) is 28.5 Å². The summed E-state index contributed by atoms with van der Waals surface area (Å²) in [5.74, 6) is 0.579. The maximum absolute atomic E-state index is 11.4. The monoisotopic (exact) mass is 343 g/mol. The first kappa shape index (κ1) is 18.8. The minimum atomic E-state index is -0.194. The van der Waals surface area contributed by atoms with E-state index in [9.17, 15) is 9.59 Å². The van der Waals surface area contributed by atoms with Crippen molar-refractivity contribution in [3.8, 4) is 5.75 Å². The predicted molar refractivity (Wildman–Crippen MR) is 97.7 cm³/mol. The van der Waals surface area contributed by atoms with Crippen molar-refractivity contribution in [1.29, 1.82) is 0 Å². The third-order valence-electron chi connectivity index (χ3n) is 3.81. The van der Waals surface area contributed by atoms with Gasteiger partial charge in [-0.1, -0.05) is 30.3 Å². The number of esters is 1. The lowest BCUT2D eigenvalue weighted by molar-refractivity contribution is -0.143. The summed E-state index contributed by atoms with van der Waals surface area (Å²) < 4.78 is 10.8. The van der Waals surface area contributed by atoms with E-state index >= 15 is 0 Å². The number of fused-ring (bicyclic) bond motifs is 1. The molecule has 0 spiro atoms. The van der Waals surface area contributed by atoms with Crippen molar-refractivity contribution in [2.24, 2.45) is 0 Å². The molecule has 0 atom stereocenters. The molecule has 1 amide bonds. The first-order valence-corrected chi connectivity index (χ1v) is 8.65. The zero-order valence-corrected chi connectivity index (χ0v) is 14.8. The summed E-state index contributed by atoms with van der Waals surface area (Å²) in [7, 11) is 0. The van der Waals surface area contributed by atoms with Crippen molar-refractivity contribution >= 4 is 22.6 Å². The molecule has 2 rings (SSSR count). The molecule has 5 heteroatoms. The molecule has 0 unspecified atom stereocenters. The number of carbonyl (C=O) groups is 2. The quantitative estimate of drug-likeness (QED) is 0.561. The van der Waals surface area contributed by atoms with Crippen molar-refractivity contribution in [3.63, 3.8) is 0 Å². The van der Waals surface area contributed by atoms with Gasteiger partial charge in [-0.15, -0.1) is 0 Å². The van der Waals surface area contributed by atoms with Crippen molar-refractivity contribution in [3.05, 3.63) is 42.0 Å². The van der Waals surface area contributed by atoms with E-state index in [-0.39, 0.29) is 11.9 Å². The summed E-state index contributed by atoms with van der Waals surface area (Å²) >= 11 is 0. The van der Waals surface area contributed by atoms with Crippen LogP contribution >= 0.6 is 0 Å². The molecule has 0 radical (unpaired) electrons. The SMILES string of the molecule is CCOC(=O)CCCOc1cccc2cccc(CCNC(C)=O)c12. The Kier molecular flexibility index (Phi) is 7.26. The van der Waals surface area contributed by atoms with Crippen LogP contribution in [0.15, 0.2) is 36.4 Å². The molecule has 0 aliphatic rings. The highest BCUT2D eigenvalue weighted by Crippen LogP contribution is 2.29. The Morgan fingerprint density at radius 2 is 1.88 bits per heavy atom. The van der Waals surface area contributed by atoms with Gasteiger partial charge in [-0.2, -0.15) is 0 Å². The maximum atomic E-state index is 11.4. The standard InChI is InChI=1S/C20H25NO4/c1-3-24-19(23)11-6-14-25-18-10-5-9-16-7-4-8-17(20(16)18)12-13-21-15(2)22/h4-5,7-10H,3,6,11-14H2,1-2H3,(H,21,22). The average molecular weight is 343 g/mol. The number of hydrogen-bond donors (Lipinski definition) is 1. The molecule has 0 fully saturated rings. The van der Waals surface area contributed by atoms with Gasteiger partial charge in [-0.25, -0.2) is 0 Å². The van der Waals surface area contributed by atoms with Gasteiger partial charge >= 0.3 is 5.97 Å². The van der Waals surface area contributed by atoms with Gasteiger partial charge in [0.2, 0.25) is 5.91 Å². The van der Waals surface area contributed by atoms with Crippen LogP contribution in [0.1, 0.15) is 32.3 Å². The van der Waals surface area contributed by atoms with Crippen molar-refractivity contribution in [1.82, 2.24) is 5.32 Å². The number of rotatable bonds is 9. The second kappa shape index (κ2) is 9.67. The first-order valence-electron chi connectivity index (χ1n) is 8.65. The maximum Gasteiger partial charge on any atom is 0.305 e. The summed E-state index contributed by atoms with van der Waals surface area (Å²) in [4.78, 5) is 22.4. The average Bonchev–Trinajstić information content (AvgIpc) is 2.59. The van der Waals surface area contributed by atoms with Gasteiger partial charge in [-0.05, 0) is 36.8 Å². The van der Waals surface area contributed by atoms with Gasteiger partial charge in [0.25, 0.3) is 0 Å². The van der Waals surface area contributed by atoms with Gasteiger partial charge < -0.3 is 14.8 Å². The van der Waals surface area contributed by atoms with Crippen LogP contribution in [0, 0.1) is 0 Å². The molecule has 0 heterocycles. The Balaban J connectivity index is 2.05. The number of amides is 1. The Bertz CT molecular complexity index is 721. The largest absolute Gasteiger partial charge is 0.493 e.